The molecule has 0 saturated heterocycles. The van der Waals surface area contributed by atoms with Crippen LogP contribution >= 0.6 is 11.3 Å². The Kier molecular flexibility index (Phi) is 4.87. The van der Waals surface area contributed by atoms with Gasteiger partial charge in [0.15, 0.2) is 0 Å². The summed E-state index contributed by atoms with van der Waals surface area (Å²) in [5.41, 5.74) is 5.29. The van der Waals surface area contributed by atoms with Crippen LogP contribution in [0.4, 0.5) is 4.39 Å². The van der Waals surface area contributed by atoms with Gasteiger partial charge in [0.25, 0.3) is 0 Å². The molecule has 0 aliphatic carbocycles. The number of halogens is 1. The molecule has 2 nitrogen and oxygen atoms in total. The summed E-state index contributed by atoms with van der Waals surface area (Å²) in [6.07, 6.45) is 2.81. The lowest BCUT2D eigenvalue weighted by molar-refractivity contribution is 0.491. The number of benzene rings is 1. The molecule has 1 aromatic carbocycles. The fourth-order valence-electron chi connectivity index (χ4n) is 1.93. The van der Waals surface area contributed by atoms with E-state index in [1.807, 2.05) is 12.1 Å². The number of hydrogen-bond acceptors (Lipinski definition) is 3. The van der Waals surface area contributed by atoms with Crippen molar-refractivity contribution in [3.63, 3.8) is 0 Å². The number of aryl methyl sites for hydroxylation is 1. The van der Waals surface area contributed by atoms with E-state index in [9.17, 15) is 4.39 Å². The van der Waals surface area contributed by atoms with Gasteiger partial charge in [-0.25, -0.2) is 4.39 Å². The molecule has 0 bridgehead atoms. The first-order valence-corrected chi connectivity index (χ1v) is 6.94. The maximum Gasteiger partial charge on any atom is 0.123 e. The Morgan fingerprint density at radius 2 is 1.94 bits per heavy atom. The molecule has 1 heterocycles. The molecule has 0 saturated carbocycles. The van der Waals surface area contributed by atoms with Crippen molar-refractivity contribution in [3.8, 4) is 0 Å². The summed E-state index contributed by atoms with van der Waals surface area (Å²) in [7, 11) is 0. The Hall–Kier alpha value is -1.23. The summed E-state index contributed by atoms with van der Waals surface area (Å²) in [4.78, 5) is 0. The lowest BCUT2D eigenvalue weighted by Crippen LogP contribution is -2.37. The van der Waals surface area contributed by atoms with Crippen molar-refractivity contribution in [2.24, 2.45) is 5.84 Å². The third-order valence-corrected chi connectivity index (χ3v) is 3.72. The van der Waals surface area contributed by atoms with Crippen LogP contribution in [0.2, 0.25) is 0 Å². The molecule has 0 spiro atoms. The van der Waals surface area contributed by atoms with Gasteiger partial charge in [-0.1, -0.05) is 12.1 Å². The van der Waals surface area contributed by atoms with Gasteiger partial charge in [-0.05, 0) is 59.3 Å². The van der Waals surface area contributed by atoms with Gasteiger partial charge in [-0.15, -0.1) is 0 Å². The zero-order valence-corrected chi connectivity index (χ0v) is 10.9. The molecule has 96 valence electrons. The maximum absolute atomic E-state index is 12.8. The summed E-state index contributed by atoms with van der Waals surface area (Å²) in [6.45, 7) is 0. The highest BCUT2D eigenvalue weighted by Gasteiger charge is 2.08. The largest absolute Gasteiger partial charge is 0.271 e. The number of thiophene rings is 1. The molecule has 1 unspecified atom stereocenters. The van der Waals surface area contributed by atoms with Gasteiger partial charge < -0.3 is 0 Å². The predicted octanol–water partition coefficient (Wildman–Crippen LogP) is 2.89. The quantitative estimate of drug-likeness (QED) is 0.622. The topological polar surface area (TPSA) is 38.0 Å². The van der Waals surface area contributed by atoms with Gasteiger partial charge in [0, 0.05) is 6.04 Å². The van der Waals surface area contributed by atoms with E-state index in [2.05, 4.69) is 22.3 Å². The first-order chi connectivity index (χ1) is 8.78. The average Bonchev–Trinajstić information content (AvgIpc) is 2.90. The molecule has 2 aromatic rings. The van der Waals surface area contributed by atoms with Crippen LogP contribution < -0.4 is 11.3 Å². The second-order valence-corrected chi connectivity index (χ2v) is 5.14. The molecule has 3 N–H and O–H groups in total. The summed E-state index contributed by atoms with van der Waals surface area (Å²) in [5, 5.41) is 4.24. The van der Waals surface area contributed by atoms with Crippen molar-refractivity contribution in [1.29, 1.82) is 0 Å². The fourth-order valence-corrected chi connectivity index (χ4v) is 2.63. The van der Waals surface area contributed by atoms with Crippen molar-refractivity contribution in [3.05, 3.63) is 58.0 Å². The summed E-state index contributed by atoms with van der Waals surface area (Å²) >= 11 is 1.71. The standard InChI is InChI=1S/C14H17FN2S/c15-13-4-1-11(2-5-13)9-14(17-16)6-3-12-7-8-18-10-12/h1-2,4-5,7-8,10,14,17H,3,6,9,16H2. The molecule has 0 aliphatic rings. The lowest BCUT2D eigenvalue weighted by atomic mass is 10.0. The Bertz CT molecular complexity index is 453. The van der Waals surface area contributed by atoms with E-state index in [-0.39, 0.29) is 11.9 Å². The molecule has 1 atom stereocenters. The minimum Gasteiger partial charge on any atom is -0.271 e. The molecule has 0 fully saturated rings. The van der Waals surface area contributed by atoms with Crippen LogP contribution in [-0.4, -0.2) is 6.04 Å². The number of hydrazine groups is 1. The SMILES string of the molecule is NNC(CCc1ccsc1)Cc1ccc(F)cc1. The van der Waals surface area contributed by atoms with Gasteiger partial charge in [0.2, 0.25) is 0 Å². The molecule has 4 heteroatoms. The van der Waals surface area contributed by atoms with Gasteiger partial charge in [0.05, 0.1) is 0 Å². The molecule has 1 aromatic heterocycles. The number of rotatable bonds is 6. The molecule has 2 rings (SSSR count). The molecule has 0 amide bonds. The van der Waals surface area contributed by atoms with Crippen LogP contribution in [0.25, 0.3) is 0 Å². The van der Waals surface area contributed by atoms with Crippen LogP contribution in [0.3, 0.4) is 0 Å². The molecular weight excluding hydrogens is 247 g/mol. The van der Waals surface area contributed by atoms with Crippen LogP contribution in [0.1, 0.15) is 17.5 Å². The van der Waals surface area contributed by atoms with E-state index >= 15 is 0 Å². The van der Waals surface area contributed by atoms with Crippen molar-refractivity contribution in [2.45, 2.75) is 25.3 Å². The first kappa shape index (κ1) is 13.2. The molecule has 0 aliphatic heterocycles. The number of hydrogen-bond donors (Lipinski definition) is 2. The third-order valence-electron chi connectivity index (χ3n) is 2.99. The van der Waals surface area contributed by atoms with Crippen molar-refractivity contribution < 1.29 is 4.39 Å². The van der Waals surface area contributed by atoms with Crippen LogP contribution in [0.5, 0.6) is 0 Å². The zero-order valence-electron chi connectivity index (χ0n) is 10.1. The van der Waals surface area contributed by atoms with Crippen LogP contribution in [0.15, 0.2) is 41.1 Å². The highest BCUT2D eigenvalue weighted by Crippen LogP contribution is 2.12. The Morgan fingerprint density at radius 1 is 1.17 bits per heavy atom. The van der Waals surface area contributed by atoms with Gasteiger partial charge >= 0.3 is 0 Å². The number of nitrogens with two attached hydrogens (primary N) is 1. The smallest absolute Gasteiger partial charge is 0.123 e. The van der Waals surface area contributed by atoms with Crippen molar-refractivity contribution in [1.82, 2.24) is 5.43 Å². The van der Waals surface area contributed by atoms with E-state index < -0.39 is 0 Å². The van der Waals surface area contributed by atoms with Gasteiger partial charge in [0.1, 0.15) is 5.82 Å². The Labute approximate surface area is 111 Å². The van der Waals surface area contributed by atoms with Crippen LogP contribution in [-0.2, 0) is 12.8 Å². The number of nitrogens with one attached hydrogen (secondary N) is 1. The normalized spacial score (nSPS) is 12.6. The van der Waals surface area contributed by atoms with Crippen LogP contribution in [0, 0.1) is 5.82 Å². The molecule has 18 heavy (non-hydrogen) atoms. The highest BCUT2D eigenvalue weighted by atomic mass is 32.1. The maximum atomic E-state index is 12.8. The van der Waals surface area contributed by atoms with Gasteiger partial charge in [-0.3, -0.25) is 11.3 Å². The second kappa shape index (κ2) is 6.64. The lowest BCUT2D eigenvalue weighted by Gasteiger charge is -2.15. The van der Waals surface area contributed by atoms with E-state index in [0.29, 0.717) is 0 Å². The first-order valence-electron chi connectivity index (χ1n) is 5.99. The Balaban J connectivity index is 1.87. The Morgan fingerprint density at radius 3 is 2.56 bits per heavy atom. The van der Waals surface area contributed by atoms with Crippen molar-refractivity contribution in [2.75, 3.05) is 0 Å². The predicted molar refractivity (Wildman–Crippen MR) is 73.9 cm³/mol. The summed E-state index contributed by atoms with van der Waals surface area (Å²) < 4.78 is 12.8. The second-order valence-electron chi connectivity index (χ2n) is 4.36. The highest BCUT2D eigenvalue weighted by molar-refractivity contribution is 7.07. The van der Waals surface area contributed by atoms with E-state index in [1.165, 1.54) is 17.7 Å². The monoisotopic (exact) mass is 264 g/mol. The van der Waals surface area contributed by atoms with Crippen molar-refractivity contribution >= 4 is 11.3 Å². The van der Waals surface area contributed by atoms with Gasteiger partial charge in [-0.2, -0.15) is 11.3 Å². The molecule has 0 radical (unpaired) electrons. The van der Waals surface area contributed by atoms with E-state index in [1.54, 1.807) is 11.3 Å². The third kappa shape index (κ3) is 3.91. The minimum atomic E-state index is -0.200. The minimum absolute atomic E-state index is 0.200. The van der Waals surface area contributed by atoms with E-state index in [4.69, 9.17) is 5.84 Å². The average molecular weight is 264 g/mol. The van der Waals surface area contributed by atoms with E-state index in [0.717, 1.165) is 24.8 Å². The molecular formula is C14H17FN2S. The summed E-state index contributed by atoms with van der Waals surface area (Å²) in [5.74, 6) is 5.37. The fraction of sp³-hybridized carbons (Fsp3) is 0.286. The zero-order chi connectivity index (χ0) is 12.8. The summed E-state index contributed by atoms with van der Waals surface area (Å²) in [6, 6.07) is 8.95.